The van der Waals surface area contributed by atoms with Gasteiger partial charge in [0.2, 0.25) is 0 Å². The van der Waals surface area contributed by atoms with Crippen LogP contribution in [0.2, 0.25) is 0 Å². The first-order chi connectivity index (χ1) is 18.2. The number of phenols is 1. The highest BCUT2D eigenvalue weighted by molar-refractivity contribution is 5.99. The minimum absolute atomic E-state index is 0.0217. The normalized spacial score (nSPS) is 23.2. The summed E-state index contributed by atoms with van der Waals surface area (Å²) in [5, 5.41) is 43.1. The molecule has 1 aliphatic heterocycles. The lowest BCUT2D eigenvalue weighted by atomic mass is 9.89. The summed E-state index contributed by atoms with van der Waals surface area (Å²) in [5.41, 5.74) is 1.80. The second-order valence-electron chi connectivity index (χ2n) is 8.89. The molecular formula is C27H30O11. The van der Waals surface area contributed by atoms with Crippen molar-refractivity contribution in [1.29, 1.82) is 0 Å². The predicted molar refractivity (Wildman–Crippen MR) is 132 cm³/mol. The molecule has 204 valence electrons. The van der Waals surface area contributed by atoms with Crippen LogP contribution in [0, 0.1) is 0 Å². The number of carbonyl (C=O) groups excluding carboxylic acids is 2. The number of furan rings is 1. The number of fused-ring (bicyclic) bond motifs is 1. The zero-order valence-electron chi connectivity index (χ0n) is 20.9. The molecule has 0 aliphatic carbocycles. The van der Waals surface area contributed by atoms with Crippen LogP contribution in [-0.2, 0) is 20.6 Å². The van der Waals surface area contributed by atoms with Gasteiger partial charge in [-0.3, -0.25) is 4.79 Å². The highest BCUT2D eigenvalue weighted by Gasteiger charge is 2.46. The number of phenolic OH excluding ortho intramolecular Hbond substituents is 1. The maximum atomic E-state index is 13.1. The summed E-state index contributed by atoms with van der Waals surface area (Å²) in [5.74, 6) is -0.563. The number of rotatable bonds is 9. The molecule has 0 amide bonds. The molecular weight excluding hydrogens is 500 g/mol. The van der Waals surface area contributed by atoms with Crippen molar-refractivity contribution in [2.24, 2.45) is 0 Å². The average molecular weight is 531 g/mol. The minimum Gasteiger partial charge on any atom is -0.507 e. The third kappa shape index (κ3) is 5.76. The molecule has 0 spiro atoms. The highest BCUT2D eigenvalue weighted by Crippen LogP contribution is 2.40. The molecule has 0 unspecified atom stereocenters. The van der Waals surface area contributed by atoms with Crippen molar-refractivity contribution in [3.8, 4) is 11.5 Å². The summed E-state index contributed by atoms with van der Waals surface area (Å²) in [6.45, 7) is 1.43. The van der Waals surface area contributed by atoms with Crippen LogP contribution in [-0.4, -0.2) is 77.1 Å². The molecule has 0 radical (unpaired) electrons. The van der Waals surface area contributed by atoms with E-state index in [9.17, 15) is 30.0 Å². The summed E-state index contributed by atoms with van der Waals surface area (Å²) in [6, 6.07) is 10.0. The number of hydrogen-bond acceptors (Lipinski definition) is 11. The summed E-state index contributed by atoms with van der Waals surface area (Å²) in [4.78, 5) is 24.5. The molecule has 0 bridgehead atoms. The van der Waals surface area contributed by atoms with Gasteiger partial charge in [0.05, 0.1) is 25.5 Å². The van der Waals surface area contributed by atoms with Crippen molar-refractivity contribution in [1.82, 2.24) is 0 Å². The van der Waals surface area contributed by atoms with E-state index in [1.54, 1.807) is 13.2 Å². The quantitative estimate of drug-likeness (QED) is 0.237. The Morgan fingerprint density at radius 3 is 2.55 bits per heavy atom. The molecule has 3 aromatic rings. The zero-order valence-corrected chi connectivity index (χ0v) is 20.9. The minimum atomic E-state index is -1.67. The van der Waals surface area contributed by atoms with Crippen LogP contribution in [0.3, 0.4) is 0 Å². The molecule has 0 saturated carbocycles. The van der Waals surface area contributed by atoms with Gasteiger partial charge in [0.1, 0.15) is 54.2 Å². The fourth-order valence-electron chi connectivity index (χ4n) is 4.43. The molecule has 4 N–H and O–H groups in total. The van der Waals surface area contributed by atoms with Crippen molar-refractivity contribution in [3.05, 3.63) is 59.4 Å². The van der Waals surface area contributed by atoms with Crippen molar-refractivity contribution >= 4 is 22.9 Å². The van der Waals surface area contributed by atoms with Gasteiger partial charge in [-0.2, -0.15) is 0 Å². The van der Waals surface area contributed by atoms with Crippen LogP contribution in [0.25, 0.3) is 11.0 Å². The van der Waals surface area contributed by atoms with E-state index in [-0.39, 0.29) is 41.4 Å². The lowest BCUT2D eigenvalue weighted by molar-refractivity contribution is -0.232. The fraction of sp³-hybridized carbons (Fsp3) is 0.407. The molecule has 11 heteroatoms. The van der Waals surface area contributed by atoms with Crippen molar-refractivity contribution < 1.29 is 53.4 Å². The number of methoxy groups -OCH3 is 1. The van der Waals surface area contributed by atoms with Crippen LogP contribution >= 0.6 is 0 Å². The molecule has 11 nitrogen and oxygen atoms in total. The molecule has 1 saturated heterocycles. The number of ketones is 1. The summed E-state index contributed by atoms with van der Waals surface area (Å²) < 4.78 is 26.0. The average Bonchev–Trinajstić information content (AvgIpc) is 3.38. The van der Waals surface area contributed by atoms with Gasteiger partial charge in [0, 0.05) is 23.4 Å². The van der Waals surface area contributed by atoms with Crippen LogP contribution in [0.15, 0.2) is 47.1 Å². The van der Waals surface area contributed by atoms with E-state index in [0.717, 1.165) is 23.6 Å². The molecule has 38 heavy (non-hydrogen) atoms. The van der Waals surface area contributed by atoms with Gasteiger partial charge in [0.25, 0.3) is 0 Å². The Balaban J connectivity index is 1.59. The number of ether oxygens (including phenoxy) is 4. The third-order valence-corrected chi connectivity index (χ3v) is 6.44. The third-order valence-electron chi connectivity index (χ3n) is 6.44. The molecule has 1 fully saturated rings. The molecule has 1 aromatic heterocycles. The summed E-state index contributed by atoms with van der Waals surface area (Å²) in [7, 11) is 1.11. The van der Waals surface area contributed by atoms with Crippen molar-refractivity contribution in [3.63, 3.8) is 0 Å². The predicted octanol–water partition coefficient (Wildman–Crippen LogP) is 2.66. The Morgan fingerprint density at radius 2 is 1.82 bits per heavy atom. The molecule has 1 aliphatic rings. The second-order valence-corrected chi connectivity index (χ2v) is 8.89. The van der Waals surface area contributed by atoms with E-state index in [1.165, 1.54) is 12.1 Å². The smallest absolute Gasteiger partial charge is 0.507 e. The molecule has 2 heterocycles. The Bertz CT molecular complexity index is 1280. The van der Waals surface area contributed by atoms with E-state index >= 15 is 0 Å². The van der Waals surface area contributed by atoms with E-state index < -0.39 is 43.3 Å². The molecule has 2 aromatic carbocycles. The van der Waals surface area contributed by atoms with Crippen molar-refractivity contribution in [2.45, 2.75) is 50.3 Å². The number of aryl methyl sites for hydroxylation is 1. The first kappa shape index (κ1) is 27.4. The first-order valence-electron chi connectivity index (χ1n) is 12.1. The Kier molecular flexibility index (Phi) is 8.52. The largest absolute Gasteiger partial charge is 0.508 e. The van der Waals surface area contributed by atoms with E-state index in [1.807, 2.05) is 24.3 Å². The lowest BCUT2D eigenvalue weighted by Crippen LogP contribution is -2.55. The first-order valence-corrected chi connectivity index (χ1v) is 12.1. The highest BCUT2D eigenvalue weighted by atomic mass is 16.7. The standard InChI is InChI=1S/C27H30O11/c1-3-35-21-12-19(29)16(18(28)6-4-14-5-7-20-15(10-14)8-9-36-20)11-17(21)26-25(32)24(31)23(30)22(38-26)13-37-27(33)34-2/h5,7-12,22-26,29-32H,3-4,6,13H2,1-2H3/t22-,23-,24+,25-,26+/m1/s1. The zero-order chi connectivity index (χ0) is 27.4. The van der Waals surface area contributed by atoms with Crippen LogP contribution in [0.5, 0.6) is 11.5 Å². The number of carbonyl (C=O) groups is 2. The monoisotopic (exact) mass is 530 g/mol. The van der Waals surface area contributed by atoms with Gasteiger partial charge < -0.3 is 43.8 Å². The van der Waals surface area contributed by atoms with Gasteiger partial charge in [0.15, 0.2) is 5.78 Å². The van der Waals surface area contributed by atoms with Gasteiger partial charge in [-0.05, 0) is 43.2 Å². The maximum Gasteiger partial charge on any atom is 0.508 e. The molecule has 4 rings (SSSR count). The van der Waals surface area contributed by atoms with Gasteiger partial charge >= 0.3 is 6.16 Å². The number of aliphatic hydroxyl groups is 3. The van der Waals surface area contributed by atoms with Gasteiger partial charge in [-0.1, -0.05) is 6.07 Å². The van der Waals surface area contributed by atoms with Crippen molar-refractivity contribution in [2.75, 3.05) is 20.3 Å². The number of aliphatic hydroxyl groups excluding tert-OH is 3. The topological polar surface area (TPSA) is 165 Å². The number of aromatic hydroxyl groups is 1. The lowest BCUT2D eigenvalue weighted by Gasteiger charge is -2.41. The summed E-state index contributed by atoms with van der Waals surface area (Å²) in [6.07, 6.45) is -6.31. The molecule has 5 atom stereocenters. The van der Waals surface area contributed by atoms with Crippen LogP contribution in [0.1, 0.15) is 40.9 Å². The number of hydrogen-bond donors (Lipinski definition) is 4. The van der Waals surface area contributed by atoms with Gasteiger partial charge in [-0.15, -0.1) is 0 Å². The fourth-order valence-corrected chi connectivity index (χ4v) is 4.43. The maximum absolute atomic E-state index is 13.1. The summed E-state index contributed by atoms with van der Waals surface area (Å²) >= 11 is 0. The van der Waals surface area contributed by atoms with Crippen LogP contribution in [0.4, 0.5) is 4.79 Å². The van der Waals surface area contributed by atoms with E-state index in [0.29, 0.717) is 6.42 Å². The van der Waals surface area contributed by atoms with E-state index in [2.05, 4.69) is 4.74 Å². The van der Waals surface area contributed by atoms with E-state index in [4.69, 9.17) is 18.6 Å². The number of benzene rings is 2. The Hall–Kier alpha value is -3.64. The van der Waals surface area contributed by atoms with Gasteiger partial charge in [-0.25, -0.2) is 4.79 Å². The SMILES string of the molecule is CCOc1cc(O)c(C(=O)CCc2ccc3occc3c2)cc1[C@@H]1O[C@H](COC(=O)OC)[C@@H](O)[C@H](O)[C@H]1O. The second kappa shape index (κ2) is 11.8. The Morgan fingerprint density at radius 1 is 1.03 bits per heavy atom. The number of Topliss-reactive ketones (excluding diaryl/α,β-unsaturated/α-hetero) is 1. The van der Waals surface area contributed by atoms with Crippen LogP contribution < -0.4 is 4.74 Å². The Labute approximate surface area is 218 Å².